The van der Waals surface area contributed by atoms with Crippen LogP contribution in [0.4, 0.5) is 0 Å². The van der Waals surface area contributed by atoms with Crippen LogP contribution in [0, 0.1) is 11.8 Å². The first-order chi connectivity index (χ1) is 31.9. The fourth-order valence-electron chi connectivity index (χ4n) is 6.12. The summed E-state index contributed by atoms with van der Waals surface area (Å²) < 4.78 is 16.6. The van der Waals surface area contributed by atoms with Gasteiger partial charge in [-0.1, -0.05) is 13.8 Å². The van der Waals surface area contributed by atoms with Crippen molar-refractivity contribution >= 4 is 65.1 Å². The summed E-state index contributed by atoms with van der Waals surface area (Å²) in [6.45, 7) is 11.8. The second kappa shape index (κ2) is 31.3. The molecule has 0 aliphatic carbocycles. The smallest absolute Gasteiger partial charge is 0.326 e. The Morgan fingerprint density at radius 3 is 1.74 bits per heavy atom. The molecule has 6 amide bonds. The highest BCUT2D eigenvalue weighted by atomic mass is 16.6. The van der Waals surface area contributed by atoms with Crippen LogP contribution in [0.15, 0.2) is 0 Å². The summed E-state index contributed by atoms with van der Waals surface area (Å²) >= 11 is 0. The highest BCUT2D eigenvalue weighted by Crippen LogP contribution is 2.25. The first kappa shape index (κ1) is 63.1. The van der Waals surface area contributed by atoms with Gasteiger partial charge in [-0.3, -0.25) is 47.9 Å². The lowest BCUT2D eigenvalue weighted by Crippen LogP contribution is -2.66. The Labute approximate surface area is 398 Å². The van der Waals surface area contributed by atoms with Crippen molar-refractivity contribution in [2.45, 2.75) is 180 Å². The number of Topliss-reactive ketones (excluding diaryl/α,β-unsaturated/α-hetero) is 1. The van der Waals surface area contributed by atoms with Crippen LogP contribution in [-0.2, 0) is 67.0 Å². The largest absolute Gasteiger partial charge is 0.481 e. The first-order valence-corrected chi connectivity index (χ1v) is 22.1. The molecule has 0 aromatic rings. The van der Waals surface area contributed by atoms with Gasteiger partial charge in [0, 0.05) is 32.1 Å². The Bertz CT molecular complexity index is 1780. The van der Waals surface area contributed by atoms with Crippen molar-refractivity contribution in [1.29, 1.82) is 0 Å². The molecule has 69 heavy (non-hydrogen) atoms. The molecule has 1 aliphatic rings. The van der Waals surface area contributed by atoms with Crippen LogP contribution in [0.2, 0.25) is 0 Å². The van der Waals surface area contributed by atoms with Crippen molar-refractivity contribution in [1.82, 2.24) is 26.6 Å². The van der Waals surface area contributed by atoms with Crippen molar-refractivity contribution in [3.8, 4) is 0 Å². The average molecular weight is 994 g/mol. The van der Waals surface area contributed by atoms with Crippen molar-refractivity contribution < 1.29 is 97.6 Å². The van der Waals surface area contributed by atoms with Gasteiger partial charge >= 0.3 is 23.9 Å². The molecule has 27 heteroatoms. The molecular weight excluding hydrogens is 922 g/mol. The molecule has 0 radical (unpaired) electrons. The van der Waals surface area contributed by atoms with Crippen LogP contribution in [0.25, 0.3) is 0 Å². The summed E-state index contributed by atoms with van der Waals surface area (Å²) in [6.07, 6.45) is -7.69. The zero-order valence-corrected chi connectivity index (χ0v) is 40.0. The third kappa shape index (κ3) is 24.8. The van der Waals surface area contributed by atoms with Crippen molar-refractivity contribution in [3.63, 3.8) is 0 Å². The lowest BCUT2D eigenvalue weighted by Gasteiger charge is -2.43. The van der Waals surface area contributed by atoms with Crippen LogP contribution in [0.3, 0.4) is 0 Å². The number of carboxylic acid groups (broad SMARTS) is 4. The second-order valence-electron chi connectivity index (χ2n) is 17.0. The highest BCUT2D eigenvalue weighted by molar-refractivity contribution is 5.92. The summed E-state index contributed by atoms with van der Waals surface area (Å²) in [5.41, 5.74) is 10.6. The van der Waals surface area contributed by atoms with Crippen LogP contribution in [0.5, 0.6) is 0 Å². The molecule has 0 aromatic carbocycles. The minimum Gasteiger partial charge on any atom is -0.481 e. The number of primary amides is 1. The molecule has 15 N–H and O–H groups in total. The summed E-state index contributed by atoms with van der Waals surface area (Å²) in [6, 6.07) is -7.23. The van der Waals surface area contributed by atoms with E-state index >= 15 is 0 Å². The zero-order valence-electron chi connectivity index (χ0n) is 40.0. The SMILES string of the molecule is CC(=O)NC1C(O)OC(COC(C)C)C(O)C1O[C@H](C)C(=O)N[C@@H](C)C(=O)N[C@H](CCC(=O)N[C@@H](C)C(=O)O)C(N)=O.CC(C)C(=O)C[C@@H](CCC(=O)N[C@H](CCC[C@H](N)C(=O)O)C(=O)O)C(=O)O. The van der Waals surface area contributed by atoms with Gasteiger partial charge in [0.1, 0.15) is 66.5 Å². The third-order valence-corrected chi connectivity index (χ3v) is 10.3. The quantitative estimate of drug-likeness (QED) is 0.0338. The number of nitrogens with two attached hydrogens (primary N) is 2. The number of aliphatic hydroxyl groups excluding tert-OH is 2. The average Bonchev–Trinajstić information content (AvgIpc) is 3.24. The number of ether oxygens (including phenoxy) is 3. The number of amides is 6. The van der Waals surface area contributed by atoms with Gasteiger partial charge in [0.05, 0.1) is 18.6 Å². The van der Waals surface area contributed by atoms with E-state index in [1.165, 1.54) is 27.7 Å². The molecule has 1 rings (SSSR count). The zero-order chi connectivity index (χ0) is 53.5. The van der Waals surface area contributed by atoms with E-state index in [1.54, 1.807) is 27.7 Å². The maximum Gasteiger partial charge on any atom is 0.326 e. The molecule has 1 heterocycles. The Hall–Kier alpha value is -5.87. The molecule has 1 saturated heterocycles. The maximum atomic E-state index is 12.8. The molecule has 1 fully saturated rings. The number of aliphatic carboxylic acids is 4. The molecule has 1 aliphatic heterocycles. The van der Waals surface area contributed by atoms with Gasteiger partial charge in [0.25, 0.3) is 0 Å². The molecule has 27 nitrogen and oxygen atoms in total. The summed E-state index contributed by atoms with van der Waals surface area (Å²) in [4.78, 5) is 128. The standard InChI is InChI=1S/C25H43N5O12.C17H28N2O8/c1-10(2)40-9-16-19(33)20(18(25(39)42-16)29-14(6)31)41-13(5)23(36)28-11(3)22(35)30-15(21(26)34)7-8-17(32)27-12(4)24(37)38;1-9(2)13(20)8-10(15(22)23)6-7-14(21)19-12(17(26)27)5-3-4-11(18)16(24)25/h10-13,15-16,18-20,25,33,39H,7-9H2,1-6H3,(H2,26,34)(H,27,32)(H,28,36)(H,29,31)(H,30,35)(H,37,38);9-12H,3-8,18H2,1-2H3,(H,19,21)(H,22,23)(H,24,25)(H,26,27)/t11-,12-,13+,15+,16?,18?,19?,20?,25?;10-,11+,12-/m01/s1. The number of carboxylic acids is 4. The fourth-order valence-corrected chi connectivity index (χ4v) is 6.12. The molecule has 0 spiro atoms. The first-order valence-electron chi connectivity index (χ1n) is 22.1. The Morgan fingerprint density at radius 2 is 1.25 bits per heavy atom. The molecule has 0 aromatic heterocycles. The van der Waals surface area contributed by atoms with Gasteiger partial charge in [-0.15, -0.1) is 0 Å². The van der Waals surface area contributed by atoms with Crippen LogP contribution in [0.1, 0.15) is 107 Å². The van der Waals surface area contributed by atoms with Gasteiger partial charge in [-0.25, -0.2) is 4.79 Å². The van der Waals surface area contributed by atoms with E-state index in [-0.39, 0.29) is 75.8 Å². The topological polar surface area (TPSA) is 449 Å². The highest BCUT2D eigenvalue weighted by Gasteiger charge is 2.47. The fraction of sp³-hybridized carbons (Fsp3) is 0.738. The molecule has 0 bridgehead atoms. The number of carbonyl (C=O) groups excluding carboxylic acids is 7. The molecule has 394 valence electrons. The summed E-state index contributed by atoms with van der Waals surface area (Å²) in [7, 11) is 0. The van der Waals surface area contributed by atoms with Gasteiger partial charge in [0.15, 0.2) is 6.29 Å². The third-order valence-electron chi connectivity index (χ3n) is 10.3. The number of aliphatic hydroxyl groups is 2. The van der Waals surface area contributed by atoms with E-state index in [0.717, 1.165) is 0 Å². The lowest BCUT2D eigenvalue weighted by molar-refractivity contribution is -0.270. The summed E-state index contributed by atoms with van der Waals surface area (Å²) in [5.74, 6) is -10.9. The molecule has 12 atom stereocenters. The van der Waals surface area contributed by atoms with Crippen LogP contribution in [-0.4, -0.2) is 175 Å². The second-order valence-corrected chi connectivity index (χ2v) is 17.0. The van der Waals surface area contributed by atoms with Crippen LogP contribution >= 0.6 is 0 Å². The summed E-state index contributed by atoms with van der Waals surface area (Å²) in [5, 5.41) is 68.8. The van der Waals surface area contributed by atoms with Crippen LogP contribution < -0.4 is 38.1 Å². The van der Waals surface area contributed by atoms with E-state index < -0.39 is 132 Å². The predicted molar refractivity (Wildman–Crippen MR) is 237 cm³/mol. The van der Waals surface area contributed by atoms with Crippen molar-refractivity contribution in [2.75, 3.05) is 6.61 Å². The van der Waals surface area contributed by atoms with E-state index in [9.17, 15) is 63.0 Å². The number of ketones is 1. The number of rotatable bonds is 30. The normalized spacial score (nSPS) is 20.7. The number of nitrogens with one attached hydrogen (secondary N) is 5. The maximum absolute atomic E-state index is 12.8. The molecule has 0 saturated carbocycles. The van der Waals surface area contributed by atoms with E-state index in [4.69, 9.17) is 46.1 Å². The van der Waals surface area contributed by atoms with Gasteiger partial charge < -0.3 is 82.9 Å². The molecular formula is C42H71N7O20. The number of hydrogen-bond acceptors (Lipinski definition) is 17. The van der Waals surface area contributed by atoms with Gasteiger partial charge in [-0.05, 0) is 66.7 Å². The monoisotopic (exact) mass is 993 g/mol. The van der Waals surface area contributed by atoms with Gasteiger partial charge in [0.2, 0.25) is 35.4 Å². The number of hydrogen-bond donors (Lipinski definition) is 13. The Kier molecular flexibility index (Phi) is 28.6. The van der Waals surface area contributed by atoms with Crippen molar-refractivity contribution in [2.24, 2.45) is 23.3 Å². The molecule has 5 unspecified atom stereocenters. The predicted octanol–water partition coefficient (Wildman–Crippen LogP) is -3.15. The number of carbonyl (C=O) groups is 11. The van der Waals surface area contributed by atoms with E-state index in [0.29, 0.717) is 0 Å². The minimum absolute atomic E-state index is 0.00372. The van der Waals surface area contributed by atoms with E-state index in [1.807, 2.05) is 0 Å². The minimum atomic E-state index is -1.59. The van der Waals surface area contributed by atoms with Gasteiger partial charge in [-0.2, -0.15) is 0 Å². The van der Waals surface area contributed by atoms with E-state index in [2.05, 4.69) is 26.6 Å². The van der Waals surface area contributed by atoms with Crippen molar-refractivity contribution in [3.05, 3.63) is 0 Å². The Morgan fingerprint density at radius 1 is 0.667 bits per heavy atom. The lowest BCUT2D eigenvalue weighted by atomic mass is 9.92. The Balaban J connectivity index is 0.00000148.